The van der Waals surface area contributed by atoms with Gasteiger partial charge in [0.1, 0.15) is 6.61 Å². The van der Waals surface area contributed by atoms with E-state index in [2.05, 4.69) is 17.1 Å². The van der Waals surface area contributed by atoms with E-state index in [-0.39, 0.29) is 17.9 Å². The van der Waals surface area contributed by atoms with Crippen molar-refractivity contribution in [2.24, 2.45) is 5.92 Å². The SMILES string of the molecule is CCCNC(=O)C1CCN(CCN2CCOC2=O)CC1. The summed E-state index contributed by atoms with van der Waals surface area (Å²) in [6.45, 7) is 7.53. The van der Waals surface area contributed by atoms with Crippen LogP contribution in [-0.2, 0) is 9.53 Å². The van der Waals surface area contributed by atoms with Gasteiger partial charge in [-0.1, -0.05) is 6.92 Å². The Morgan fingerprint density at radius 3 is 2.65 bits per heavy atom. The number of nitrogens with one attached hydrogen (secondary N) is 1. The third kappa shape index (κ3) is 4.10. The Kier molecular flexibility index (Phi) is 5.64. The summed E-state index contributed by atoms with van der Waals surface area (Å²) < 4.78 is 4.91. The molecule has 6 heteroatoms. The van der Waals surface area contributed by atoms with Crippen LogP contribution < -0.4 is 5.32 Å². The zero-order chi connectivity index (χ0) is 14.4. The van der Waals surface area contributed by atoms with E-state index in [4.69, 9.17) is 4.74 Å². The molecule has 2 aliphatic heterocycles. The van der Waals surface area contributed by atoms with E-state index in [1.807, 2.05) is 0 Å². The van der Waals surface area contributed by atoms with E-state index in [9.17, 15) is 9.59 Å². The van der Waals surface area contributed by atoms with Gasteiger partial charge in [0, 0.05) is 25.6 Å². The highest BCUT2D eigenvalue weighted by atomic mass is 16.6. The van der Waals surface area contributed by atoms with Crippen LogP contribution >= 0.6 is 0 Å². The maximum atomic E-state index is 11.9. The second kappa shape index (κ2) is 7.47. The van der Waals surface area contributed by atoms with E-state index in [1.54, 1.807) is 4.90 Å². The van der Waals surface area contributed by atoms with Crippen LogP contribution in [0, 0.1) is 5.92 Å². The smallest absolute Gasteiger partial charge is 0.409 e. The number of hydrogen-bond acceptors (Lipinski definition) is 4. The number of hydrogen-bond donors (Lipinski definition) is 1. The molecule has 114 valence electrons. The Hall–Kier alpha value is -1.30. The lowest BCUT2D eigenvalue weighted by Crippen LogP contribution is -2.43. The minimum atomic E-state index is -0.196. The van der Waals surface area contributed by atoms with E-state index >= 15 is 0 Å². The molecule has 2 heterocycles. The van der Waals surface area contributed by atoms with Crippen molar-refractivity contribution in [3.63, 3.8) is 0 Å². The second-order valence-corrected chi connectivity index (χ2v) is 5.51. The number of amides is 2. The van der Waals surface area contributed by atoms with Crippen LogP contribution in [0.15, 0.2) is 0 Å². The molecule has 0 saturated carbocycles. The minimum absolute atomic E-state index is 0.162. The monoisotopic (exact) mass is 283 g/mol. The first-order valence-corrected chi connectivity index (χ1v) is 7.62. The van der Waals surface area contributed by atoms with E-state index in [0.29, 0.717) is 13.2 Å². The van der Waals surface area contributed by atoms with Crippen LogP contribution in [0.3, 0.4) is 0 Å². The third-order valence-corrected chi connectivity index (χ3v) is 4.04. The second-order valence-electron chi connectivity index (χ2n) is 5.51. The van der Waals surface area contributed by atoms with Gasteiger partial charge in [-0.3, -0.25) is 4.79 Å². The van der Waals surface area contributed by atoms with Crippen molar-refractivity contribution in [1.29, 1.82) is 0 Å². The van der Waals surface area contributed by atoms with E-state index in [0.717, 1.165) is 52.0 Å². The predicted molar refractivity (Wildman–Crippen MR) is 75.4 cm³/mol. The summed E-state index contributed by atoms with van der Waals surface area (Å²) in [5.41, 5.74) is 0. The van der Waals surface area contributed by atoms with Crippen molar-refractivity contribution in [2.75, 3.05) is 45.9 Å². The van der Waals surface area contributed by atoms with E-state index < -0.39 is 0 Å². The van der Waals surface area contributed by atoms with Crippen molar-refractivity contribution in [3.8, 4) is 0 Å². The summed E-state index contributed by atoms with van der Waals surface area (Å²) in [5.74, 6) is 0.365. The Labute approximate surface area is 120 Å². The molecule has 0 atom stereocenters. The molecular weight excluding hydrogens is 258 g/mol. The van der Waals surface area contributed by atoms with Crippen LogP contribution in [0.5, 0.6) is 0 Å². The van der Waals surface area contributed by atoms with Gasteiger partial charge in [0.05, 0.1) is 6.54 Å². The quantitative estimate of drug-likeness (QED) is 0.778. The molecule has 2 saturated heterocycles. The molecule has 2 amide bonds. The molecule has 2 aliphatic rings. The molecule has 1 N–H and O–H groups in total. The molecule has 0 bridgehead atoms. The van der Waals surface area contributed by atoms with Gasteiger partial charge in [-0.2, -0.15) is 0 Å². The fourth-order valence-corrected chi connectivity index (χ4v) is 2.70. The first kappa shape index (κ1) is 15.1. The van der Waals surface area contributed by atoms with Crippen molar-refractivity contribution in [2.45, 2.75) is 26.2 Å². The Morgan fingerprint density at radius 1 is 1.30 bits per heavy atom. The number of likely N-dealkylation sites (tertiary alicyclic amines) is 1. The lowest BCUT2D eigenvalue weighted by atomic mass is 9.96. The molecule has 20 heavy (non-hydrogen) atoms. The highest BCUT2D eigenvalue weighted by Gasteiger charge is 2.26. The number of piperidine rings is 1. The highest BCUT2D eigenvalue weighted by Crippen LogP contribution is 2.17. The first-order valence-electron chi connectivity index (χ1n) is 7.62. The average Bonchev–Trinajstić information content (AvgIpc) is 2.88. The lowest BCUT2D eigenvalue weighted by molar-refractivity contribution is -0.126. The maximum Gasteiger partial charge on any atom is 0.409 e. The highest BCUT2D eigenvalue weighted by molar-refractivity contribution is 5.78. The maximum absolute atomic E-state index is 11.9. The van der Waals surface area contributed by atoms with Crippen molar-refractivity contribution in [1.82, 2.24) is 15.1 Å². The van der Waals surface area contributed by atoms with Crippen LogP contribution in [0.25, 0.3) is 0 Å². The summed E-state index contributed by atoms with van der Waals surface area (Å²) in [6.07, 6.45) is 2.62. The molecule has 0 spiro atoms. The minimum Gasteiger partial charge on any atom is -0.448 e. The molecule has 0 aromatic carbocycles. The summed E-state index contributed by atoms with van der Waals surface area (Å²) in [7, 11) is 0. The van der Waals surface area contributed by atoms with Gasteiger partial charge in [-0.15, -0.1) is 0 Å². The number of cyclic esters (lactones) is 1. The number of ether oxygens (including phenoxy) is 1. The van der Waals surface area contributed by atoms with Crippen molar-refractivity contribution < 1.29 is 14.3 Å². The van der Waals surface area contributed by atoms with Gasteiger partial charge in [0.2, 0.25) is 5.91 Å². The first-order chi connectivity index (χ1) is 9.70. The van der Waals surface area contributed by atoms with Gasteiger partial charge in [0.15, 0.2) is 0 Å². The number of nitrogens with zero attached hydrogens (tertiary/aromatic N) is 2. The Balaban J connectivity index is 1.64. The fourth-order valence-electron chi connectivity index (χ4n) is 2.70. The predicted octanol–water partition coefficient (Wildman–Crippen LogP) is 0.677. The molecule has 2 rings (SSSR count). The zero-order valence-electron chi connectivity index (χ0n) is 12.3. The van der Waals surface area contributed by atoms with Gasteiger partial charge in [-0.25, -0.2) is 4.79 Å². The molecule has 0 aliphatic carbocycles. The normalized spacial score (nSPS) is 21.1. The van der Waals surface area contributed by atoms with E-state index in [1.165, 1.54) is 0 Å². The number of carbonyl (C=O) groups is 2. The van der Waals surface area contributed by atoms with Crippen LogP contribution in [0.1, 0.15) is 26.2 Å². The number of rotatable bonds is 6. The summed E-state index contributed by atoms with van der Waals surface area (Å²) in [6, 6.07) is 0. The molecule has 0 aromatic heterocycles. The molecular formula is C14H25N3O3. The zero-order valence-corrected chi connectivity index (χ0v) is 12.3. The summed E-state index contributed by atoms with van der Waals surface area (Å²) >= 11 is 0. The summed E-state index contributed by atoms with van der Waals surface area (Å²) in [4.78, 5) is 27.3. The number of carbonyl (C=O) groups excluding carboxylic acids is 2. The standard InChI is InChI=1S/C14H25N3O3/c1-2-5-15-13(18)12-3-6-16(7-4-12)8-9-17-10-11-20-14(17)19/h12H,2-11H2,1H3,(H,15,18). The largest absolute Gasteiger partial charge is 0.448 e. The van der Waals surface area contributed by atoms with Crippen molar-refractivity contribution in [3.05, 3.63) is 0 Å². The molecule has 0 unspecified atom stereocenters. The molecule has 2 fully saturated rings. The van der Waals surface area contributed by atoms with Crippen LogP contribution in [0.4, 0.5) is 4.79 Å². The fraction of sp³-hybridized carbons (Fsp3) is 0.857. The molecule has 0 radical (unpaired) electrons. The third-order valence-electron chi connectivity index (χ3n) is 4.04. The summed E-state index contributed by atoms with van der Waals surface area (Å²) in [5, 5.41) is 2.97. The average molecular weight is 283 g/mol. The van der Waals surface area contributed by atoms with Crippen LogP contribution in [0.2, 0.25) is 0 Å². The Bertz CT molecular complexity index is 341. The van der Waals surface area contributed by atoms with Crippen LogP contribution in [-0.4, -0.2) is 67.7 Å². The van der Waals surface area contributed by atoms with Gasteiger partial charge >= 0.3 is 6.09 Å². The Morgan fingerprint density at radius 2 is 2.05 bits per heavy atom. The molecule has 0 aromatic rings. The van der Waals surface area contributed by atoms with Gasteiger partial charge < -0.3 is 19.9 Å². The lowest BCUT2D eigenvalue weighted by Gasteiger charge is -2.32. The molecule has 6 nitrogen and oxygen atoms in total. The topological polar surface area (TPSA) is 61.9 Å². The van der Waals surface area contributed by atoms with Crippen molar-refractivity contribution >= 4 is 12.0 Å². The van der Waals surface area contributed by atoms with Gasteiger partial charge in [-0.05, 0) is 32.4 Å². The van der Waals surface area contributed by atoms with Gasteiger partial charge in [0.25, 0.3) is 0 Å².